The first-order chi connectivity index (χ1) is 7.45. The van der Waals surface area contributed by atoms with Crippen LogP contribution in [0.2, 0.25) is 0 Å². The average molecular weight is 216 g/mol. The van der Waals surface area contributed by atoms with Crippen molar-refractivity contribution in [1.29, 1.82) is 0 Å². The molecule has 0 spiro atoms. The molecule has 2 aromatic heterocycles. The number of nitrogens with zero attached hydrogens (tertiary/aromatic N) is 3. The summed E-state index contributed by atoms with van der Waals surface area (Å²) in [6.45, 7) is 0. The molecule has 0 bridgehead atoms. The Bertz CT molecular complexity index is 501. The maximum Gasteiger partial charge on any atom is 0.175 e. The lowest BCUT2D eigenvalue weighted by Gasteiger charge is -2.00. The highest BCUT2D eigenvalue weighted by atomic mass is 32.1. The van der Waals surface area contributed by atoms with E-state index in [0.29, 0.717) is 5.76 Å². The molecule has 1 radical (unpaired) electrons. The summed E-state index contributed by atoms with van der Waals surface area (Å²) in [5.41, 5.74) is 1.64. The summed E-state index contributed by atoms with van der Waals surface area (Å²) in [5.74, 6) is 0.700. The van der Waals surface area contributed by atoms with Crippen LogP contribution in [0.15, 0.2) is 33.1 Å². The second kappa shape index (κ2) is 3.43. The standard InChI is InChI=1S/C10H6N3OS/c1-2-9(11-4-1)10-7(6-12-14-10)8-3-5-15-13-8/h1-5,9H. The third kappa shape index (κ3) is 1.41. The molecule has 1 atom stereocenters. The van der Waals surface area contributed by atoms with Gasteiger partial charge in [-0.3, -0.25) is 4.99 Å². The molecule has 1 aliphatic heterocycles. The molecular weight excluding hydrogens is 210 g/mol. The fourth-order valence-corrected chi connectivity index (χ4v) is 1.96. The van der Waals surface area contributed by atoms with Crippen LogP contribution in [-0.4, -0.2) is 15.7 Å². The molecule has 1 unspecified atom stereocenters. The first-order valence-corrected chi connectivity index (χ1v) is 5.27. The van der Waals surface area contributed by atoms with Gasteiger partial charge in [0.05, 0.1) is 11.3 Å². The zero-order chi connectivity index (χ0) is 10.1. The summed E-state index contributed by atoms with van der Waals surface area (Å²) >= 11 is 1.39. The molecule has 0 aliphatic carbocycles. The van der Waals surface area contributed by atoms with E-state index in [0.717, 1.165) is 11.3 Å². The topological polar surface area (TPSA) is 51.3 Å². The Morgan fingerprint density at radius 1 is 1.47 bits per heavy atom. The summed E-state index contributed by atoms with van der Waals surface area (Å²) in [4.78, 5) is 4.23. The smallest absolute Gasteiger partial charge is 0.175 e. The van der Waals surface area contributed by atoms with E-state index in [1.54, 1.807) is 6.21 Å². The van der Waals surface area contributed by atoms with Gasteiger partial charge >= 0.3 is 0 Å². The van der Waals surface area contributed by atoms with Crippen LogP contribution in [0.1, 0.15) is 11.8 Å². The summed E-state index contributed by atoms with van der Waals surface area (Å²) in [5, 5.41) is 5.59. The predicted octanol–water partition coefficient (Wildman–Crippen LogP) is 2.28. The van der Waals surface area contributed by atoms with Crippen LogP contribution in [0.25, 0.3) is 11.3 Å². The van der Waals surface area contributed by atoms with Gasteiger partial charge in [-0.15, -0.1) is 0 Å². The maximum atomic E-state index is 5.17. The van der Waals surface area contributed by atoms with Gasteiger partial charge in [-0.2, -0.15) is 4.37 Å². The fourth-order valence-electron chi connectivity index (χ4n) is 1.45. The minimum atomic E-state index is -0.0829. The normalized spacial score (nSPS) is 18.8. The highest BCUT2D eigenvalue weighted by molar-refractivity contribution is 7.03. The Morgan fingerprint density at radius 3 is 3.20 bits per heavy atom. The number of aromatic nitrogens is 2. The summed E-state index contributed by atoms with van der Waals surface area (Å²) < 4.78 is 9.39. The van der Waals surface area contributed by atoms with E-state index >= 15 is 0 Å². The molecule has 0 saturated carbocycles. The molecule has 0 fully saturated rings. The van der Waals surface area contributed by atoms with Crippen LogP contribution in [-0.2, 0) is 0 Å². The summed E-state index contributed by atoms with van der Waals surface area (Å²) in [7, 11) is 0. The number of allylic oxidation sites excluding steroid dienone is 1. The van der Waals surface area contributed by atoms with Gasteiger partial charge in [-0.1, -0.05) is 11.2 Å². The van der Waals surface area contributed by atoms with E-state index in [1.807, 2.05) is 23.6 Å². The van der Waals surface area contributed by atoms with Gasteiger partial charge in [-0.25, -0.2) is 0 Å². The minimum absolute atomic E-state index is 0.0829. The van der Waals surface area contributed by atoms with Crippen molar-refractivity contribution < 1.29 is 4.52 Å². The Morgan fingerprint density at radius 2 is 2.47 bits per heavy atom. The molecule has 0 saturated heterocycles. The third-order valence-electron chi connectivity index (χ3n) is 2.14. The van der Waals surface area contributed by atoms with Gasteiger partial charge in [0.15, 0.2) is 5.76 Å². The Hall–Kier alpha value is -1.75. The molecule has 1 aliphatic rings. The molecule has 3 rings (SSSR count). The molecule has 0 aromatic carbocycles. The fraction of sp³-hybridized carbons (Fsp3) is 0.100. The molecule has 4 nitrogen and oxygen atoms in total. The SMILES string of the molecule is [c]1noc(C2C=CC=N2)c1-c1ccsn1. The quantitative estimate of drug-likeness (QED) is 0.773. The van der Waals surface area contributed by atoms with Gasteiger partial charge in [-0.05, 0) is 23.7 Å². The second-order valence-electron chi connectivity index (χ2n) is 3.05. The average Bonchev–Trinajstić information content (AvgIpc) is 3.01. The van der Waals surface area contributed by atoms with Crippen molar-refractivity contribution in [2.75, 3.05) is 0 Å². The first kappa shape index (κ1) is 8.55. The van der Waals surface area contributed by atoms with Crippen molar-refractivity contribution in [3.63, 3.8) is 0 Å². The summed E-state index contributed by atoms with van der Waals surface area (Å²) in [6, 6.07) is 1.83. The molecule has 5 heteroatoms. The molecule has 73 valence electrons. The van der Waals surface area contributed by atoms with Crippen molar-refractivity contribution in [1.82, 2.24) is 9.53 Å². The largest absolute Gasteiger partial charge is 0.357 e. The first-order valence-electron chi connectivity index (χ1n) is 4.43. The zero-order valence-electron chi connectivity index (χ0n) is 7.62. The lowest BCUT2D eigenvalue weighted by atomic mass is 10.1. The van der Waals surface area contributed by atoms with Gasteiger partial charge in [0.1, 0.15) is 12.2 Å². The second-order valence-corrected chi connectivity index (χ2v) is 3.71. The highest BCUT2D eigenvalue weighted by Crippen LogP contribution is 2.31. The van der Waals surface area contributed by atoms with Gasteiger partial charge in [0.25, 0.3) is 0 Å². The van der Waals surface area contributed by atoms with Crippen LogP contribution < -0.4 is 0 Å². The van der Waals surface area contributed by atoms with Gasteiger partial charge in [0, 0.05) is 11.6 Å². The van der Waals surface area contributed by atoms with Crippen LogP contribution in [0.5, 0.6) is 0 Å². The van der Waals surface area contributed by atoms with Gasteiger partial charge in [0.2, 0.25) is 0 Å². The van der Waals surface area contributed by atoms with Crippen LogP contribution in [0, 0.1) is 6.20 Å². The van der Waals surface area contributed by atoms with E-state index in [1.165, 1.54) is 11.5 Å². The molecule has 0 N–H and O–H groups in total. The predicted molar refractivity (Wildman–Crippen MR) is 56.8 cm³/mol. The Labute approximate surface area is 90.1 Å². The van der Waals surface area contributed by atoms with Crippen molar-refractivity contribution in [2.45, 2.75) is 6.04 Å². The van der Waals surface area contributed by atoms with Crippen molar-refractivity contribution in [2.24, 2.45) is 4.99 Å². The molecule has 0 amide bonds. The van der Waals surface area contributed by atoms with Crippen LogP contribution in [0.4, 0.5) is 0 Å². The van der Waals surface area contributed by atoms with Crippen LogP contribution in [0.3, 0.4) is 0 Å². The zero-order valence-corrected chi connectivity index (χ0v) is 8.44. The number of hydrogen-bond acceptors (Lipinski definition) is 5. The van der Waals surface area contributed by atoms with E-state index in [9.17, 15) is 0 Å². The number of hydrogen-bond donors (Lipinski definition) is 0. The molecule has 2 aromatic rings. The Kier molecular flexibility index (Phi) is 1.96. The Balaban J connectivity index is 2.06. The molecule has 3 heterocycles. The maximum absolute atomic E-state index is 5.17. The highest BCUT2D eigenvalue weighted by Gasteiger charge is 2.20. The monoisotopic (exact) mass is 216 g/mol. The summed E-state index contributed by atoms with van der Waals surface area (Å²) in [6.07, 6.45) is 8.39. The lowest BCUT2D eigenvalue weighted by molar-refractivity contribution is 0.375. The van der Waals surface area contributed by atoms with Crippen molar-refractivity contribution in [3.8, 4) is 11.3 Å². The third-order valence-corrected chi connectivity index (χ3v) is 2.70. The lowest BCUT2D eigenvalue weighted by Crippen LogP contribution is -1.89. The van der Waals surface area contributed by atoms with Crippen LogP contribution >= 0.6 is 11.5 Å². The van der Waals surface area contributed by atoms with E-state index in [2.05, 4.69) is 20.7 Å². The number of aliphatic imine (C=N–C) groups is 1. The molecular formula is C10H6N3OS. The minimum Gasteiger partial charge on any atom is -0.357 e. The van der Waals surface area contributed by atoms with Gasteiger partial charge < -0.3 is 4.52 Å². The number of rotatable bonds is 2. The van der Waals surface area contributed by atoms with Crippen molar-refractivity contribution in [3.05, 3.63) is 35.6 Å². The van der Waals surface area contributed by atoms with E-state index < -0.39 is 0 Å². The molecule has 15 heavy (non-hydrogen) atoms. The van der Waals surface area contributed by atoms with E-state index in [4.69, 9.17) is 4.52 Å². The van der Waals surface area contributed by atoms with Crippen molar-refractivity contribution >= 4 is 17.7 Å². The van der Waals surface area contributed by atoms with E-state index in [-0.39, 0.29) is 6.04 Å².